The Balaban J connectivity index is 3.97. The Kier molecular flexibility index (Phi) is 10.5. The van der Waals surface area contributed by atoms with Gasteiger partial charge in [0.05, 0.1) is 0 Å². The van der Waals surface area contributed by atoms with Crippen molar-refractivity contribution in [2.45, 2.75) is 53.4 Å². The normalized spacial score (nSPS) is 13.5. The molecule has 0 N–H and O–H groups in total. The van der Waals surface area contributed by atoms with E-state index in [1.54, 1.807) is 6.08 Å². The van der Waals surface area contributed by atoms with Crippen LogP contribution in [0.25, 0.3) is 0 Å². The molecule has 0 radical (unpaired) electrons. The number of allylic oxidation sites excluding steroid dienone is 3. The standard InChI is InChI=1S/C18H28O2/c1-6-13-20-18(19)12-8-11-17(5)14-16(4)10-7-9-15(2)3/h1,8,11-12,15-16H,7,9-10,13-14H2,2-5H3. The second-order valence-corrected chi connectivity index (χ2v) is 5.82. The van der Waals surface area contributed by atoms with Crippen LogP contribution in [-0.2, 0) is 9.53 Å². The minimum absolute atomic E-state index is 0.0265. The van der Waals surface area contributed by atoms with Crippen molar-refractivity contribution in [3.05, 3.63) is 23.8 Å². The molecule has 0 saturated heterocycles. The van der Waals surface area contributed by atoms with E-state index in [1.807, 2.05) is 6.08 Å². The van der Waals surface area contributed by atoms with E-state index >= 15 is 0 Å². The van der Waals surface area contributed by atoms with E-state index < -0.39 is 5.97 Å². The molecule has 0 aliphatic carbocycles. The van der Waals surface area contributed by atoms with E-state index in [9.17, 15) is 4.79 Å². The number of esters is 1. The molecule has 0 aromatic heterocycles. The Morgan fingerprint density at radius 3 is 2.60 bits per heavy atom. The Morgan fingerprint density at radius 1 is 1.30 bits per heavy atom. The molecule has 0 bridgehead atoms. The van der Waals surface area contributed by atoms with Gasteiger partial charge in [0.2, 0.25) is 0 Å². The van der Waals surface area contributed by atoms with Crippen LogP contribution in [0, 0.1) is 24.2 Å². The zero-order valence-electron chi connectivity index (χ0n) is 13.3. The summed E-state index contributed by atoms with van der Waals surface area (Å²) in [5, 5.41) is 0. The molecule has 1 atom stereocenters. The first kappa shape index (κ1) is 18.5. The van der Waals surface area contributed by atoms with E-state index in [-0.39, 0.29) is 6.61 Å². The number of hydrogen-bond donors (Lipinski definition) is 0. The summed E-state index contributed by atoms with van der Waals surface area (Å²) in [6.07, 6.45) is 15.0. The maximum atomic E-state index is 11.2. The molecule has 2 nitrogen and oxygen atoms in total. The van der Waals surface area contributed by atoms with Crippen molar-refractivity contribution >= 4 is 5.97 Å². The third kappa shape index (κ3) is 11.6. The molecule has 0 rings (SSSR count). The zero-order chi connectivity index (χ0) is 15.4. The van der Waals surface area contributed by atoms with Crippen LogP contribution in [0.2, 0.25) is 0 Å². The van der Waals surface area contributed by atoms with Gasteiger partial charge in [-0.05, 0) is 25.2 Å². The summed E-state index contributed by atoms with van der Waals surface area (Å²) in [6.45, 7) is 8.93. The smallest absolute Gasteiger partial charge is 0.331 e. The largest absolute Gasteiger partial charge is 0.449 e. The first-order chi connectivity index (χ1) is 9.45. The third-order valence-corrected chi connectivity index (χ3v) is 3.06. The summed E-state index contributed by atoms with van der Waals surface area (Å²) in [5.41, 5.74) is 1.28. The quantitative estimate of drug-likeness (QED) is 0.268. The Labute approximate surface area is 124 Å². The molecule has 20 heavy (non-hydrogen) atoms. The van der Waals surface area contributed by atoms with Crippen molar-refractivity contribution in [1.29, 1.82) is 0 Å². The van der Waals surface area contributed by atoms with Gasteiger partial charge in [0.15, 0.2) is 6.61 Å². The first-order valence-electron chi connectivity index (χ1n) is 7.39. The fourth-order valence-corrected chi connectivity index (χ4v) is 2.05. The minimum atomic E-state index is -0.392. The van der Waals surface area contributed by atoms with Gasteiger partial charge in [-0.15, -0.1) is 6.42 Å². The summed E-state index contributed by atoms with van der Waals surface area (Å²) in [4.78, 5) is 11.2. The van der Waals surface area contributed by atoms with Crippen LogP contribution in [0.3, 0.4) is 0 Å². The highest BCUT2D eigenvalue weighted by Crippen LogP contribution is 2.18. The van der Waals surface area contributed by atoms with Gasteiger partial charge < -0.3 is 4.74 Å². The van der Waals surface area contributed by atoms with E-state index in [4.69, 9.17) is 11.2 Å². The van der Waals surface area contributed by atoms with Crippen molar-refractivity contribution in [3.8, 4) is 12.3 Å². The molecule has 0 fully saturated rings. The van der Waals surface area contributed by atoms with Crippen LogP contribution in [-0.4, -0.2) is 12.6 Å². The lowest BCUT2D eigenvalue weighted by Crippen LogP contribution is -2.00. The lowest BCUT2D eigenvalue weighted by atomic mass is 9.94. The van der Waals surface area contributed by atoms with Crippen molar-refractivity contribution in [2.24, 2.45) is 11.8 Å². The fraction of sp³-hybridized carbons (Fsp3) is 0.611. The average molecular weight is 276 g/mol. The van der Waals surface area contributed by atoms with Crippen LogP contribution in [0.15, 0.2) is 23.8 Å². The van der Waals surface area contributed by atoms with Gasteiger partial charge in [-0.2, -0.15) is 0 Å². The molecule has 112 valence electrons. The van der Waals surface area contributed by atoms with Gasteiger partial charge in [-0.1, -0.05) is 63.7 Å². The molecule has 0 amide bonds. The first-order valence-corrected chi connectivity index (χ1v) is 7.39. The zero-order valence-corrected chi connectivity index (χ0v) is 13.3. The van der Waals surface area contributed by atoms with Crippen LogP contribution in [0.4, 0.5) is 0 Å². The maximum Gasteiger partial charge on any atom is 0.331 e. The molecular weight excluding hydrogens is 248 g/mol. The summed E-state index contributed by atoms with van der Waals surface area (Å²) in [7, 11) is 0. The Hall–Kier alpha value is -1.49. The molecule has 0 saturated carbocycles. The van der Waals surface area contributed by atoms with Crippen LogP contribution in [0.5, 0.6) is 0 Å². The SMILES string of the molecule is C#CCOC(=O)C=CC=C(C)CC(C)CCCC(C)C. The second kappa shape index (κ2) is 11.3. The Morgan fingerprint density at radius 2 is 2.00 bits per heavy atom. The summed E-state index contributed by atoms with van der Waals surface area (Å²) < 4.78 is 4.74. The van der Waals surface area contributed by atoms with Crippen molar-refractivity contribution < 1.29 is 9.53 Å². The van der Waals surface area contributed by atoms with Gasteiger partial charge in [-0.25, -0.2) is 4.79 Å². The number of ether oxygens (including phenoxy) is 1. The lowest BCUT2D eigenvalue weighted by Gasteiger charge is -2.12. The molecule has 2 heteroatoms. The third-order valence-electron chi connectivity index (χ3n) is 3.06. The Bertz CT molecular complexity index is 369. The topological polar surface area (TPSA) is 26.3 Å². The van der Waals surface area contributed by atoms with E-state index in [0.717, 1.165) is 12.3 Å². The second-order valence-electron chi connectivity index (χ2n) is 5.82. The maximum absolute atomic E-state index is 11.2. The summed E-state index contributed by atoms with van der Waals surface area (Å²) in [5.74, 6) is 3.34. The molecule has 0 heterocycles. The number of carbonyl (C=O) groups excluding carboxylic acids is 1. The number of hydrogen-bond acceptors (Lipinski definition) is 2. The van der Waals surface area contributed by atoms with E-state index in [1.165, 1.54) is 30.9 Å². The van der Waals surface area contributed by atoms with E-state index in [0.29, 0.717) is 5.92 Å². The van der Waals surface area contributed by atoms with Crippen molar-refractivity contribution in [2.75, 3.05) is 6.61 Å². The molecular formula is C18H28O2. The monoisotopic (exact) mass is 276 g/mol. The highest BCUT2D eigenvalue weighted by molar-refractivity contribution is 5.82. The van der Waals surface area contributed by atoms with Crippen molar-refractivity contribution in [3.63, 3.8) is 0 Å². The number of rotatable bonds is 9. The minimum Gasteiger partial charge on any atom is -0.449 e. The van der Waals surface area contributed by atoms with Gasteiger partial charge in [0.1, 0.15) is 0 Å². The van der Waals surface area contributed by atoms with Crippen LogP contribution in [0.1, 0.15) is 53.4 Å². The van der Waals surface area contributed by atoms with Crippen molar-refractivity contribution in [1.82, 2.24) is 0 Å². The molecule has 0 aromatic rings. The van der Waals surface area contributed by atoms with Gasteiger partial charge >= 0.3 is 5.97 Å². The summed E-state index contributed by atoms with van der Waals surface area (Å²) in [6, 6.07) is 0. The highest BCUT2D eigenvalue weighted by Gasteiger charge is 2.03. The van der Waals surface area contributed by atoms with Gasteiger partial charge in [0.25, 0.3) is 0 Å². The van der Waals surface area contributed by atoms with E-state index in [2.05, 4.69) is 33.6 Å². The molecule has 0 aliphatic heterocycles. The number of terminal acetylenes is 1. The molecule has 0 aliphatic rings. The van der Waals surface area contributed by atoms with Crippen LogP contribution < -0.4 is 0 Å². The molecule has 1 unspecified atom stereocenters. The molecule has 0 spiro atoms. The lowest BCUT2D eigenvalue weighted by molar-refractivity contribution is -0.136. The average Bonchev–Trinajstić information content (AvgIpc) is 2.35. The van der Waals surface area contributed by atoms with Crippen LogP contribution >= 0.6 is 0 Å². The summed E-state index contributed by atoms with van der Waals surface area (Å²) >= 11 is 0. The van der Waals surface area contributed by atoms with Gasteiger partial charge in [0, 0.05) is 6.08 Å². The number of carbonyl (C=O) groups is 1. The predicted octanol–water partition coefficient (Wildman–Crippen LogP) is 4.52. The highest BCUT2D eigenvalue weighted by atomic mass is 16.5. The fourth-order valence-electron chi connectivity index (χ4n) is 2.05. The predicted molar refractivity (Wildman–Crippen MR) is 85.2 cm³/mol. The molecule has 0 aromatic carbocycles. The van der Waals surface area contributed by atoms with Gasteiger partial charge in [-0.3, -0.25) is 0 Å².